The van der Waals surface area contributed by atoms with Gasteiger partial charge in [0, 0.05) is 18.5 Å². The summed E-state index contributed by atoms with van der Waals surface area (Å²) in [6, 6.07) is 6.06. The maximum Gasteiger partial charge on any atom is 0.167 e. The summed E-state index contributed by atoms with van der Waals surface area (Å²) < 4.78 is 13.8. The molecule has 3 fully saturated rings. The van der Waals surface area contributed by atoms with Gasteiger partial charge in [-0.1, -0.05) is 39.5 Å². The van der Waals surface area contributed by atoms with Crippen molar-refractivity contribution in [2.45, 2.75) is 96.3 Å². The number of methoxy groups -OCH3 is 1. The van der Waals surface area contributed by atoms with Crippen molar-refractivity contribution < 1.29 is 9.47 Å². The molecular weight excluding hydrogens is 398 g/mol. The Kier molecular flexibility index (Phi) is 7.11. The van der Waals surface area contributed by atoms with Gasteiger partial charge in [-0.05, 0) is 68.9 Å². The molecule has 1 aromatic heterocycles. The molecule has 2 aromatic rings. The lowest BCUT2D eigenvalue weighted by Gasteiger charge is -2.53. The van der Waals surface area contributed by atoms with Gasteiger partial charge in [0.1, 0.15) is 17.3 Å². The minimum atomic E-state index is 0.197. The molecule has 176 valence electrons. The summed E-state index contributed by atoms with van der Waals surface area (Å²) in [7, 11) is 3.84. The molecule has 1 heterocycles. The fourth-order valence-electron chi connectivity index (χ4n) is 6.03. The maximum absolute atomic E-state index is 5.87. The first kappa shape index (κ1) is 23.1. The van der Waals surface area contributed by atoms with Crippen LogP contribution < -0.4 is 9.47 Å². The summed E-state index contributed by atoms with van der Waals surface area (Å²) in [4.78, 5) is 0. The second-order valence-corrected chi connectivity index (χ2v) is 10.2. The van der Waals surface area contributed by atoms with Crippen LogP contribution in [0.25, 0.3) is 11.4 Å². The fourth-order valence-corrected chi connectivity index (χ4v) is 6.03. The van der Waals surface area contributed by atoms with E-state index in [-0.39, 0.29) is 5.41 Å². The third-order valence-electron chi connectivity index (χ3n) is 8.24. The Morgan fingerprint density at radius 1 is 0.938 bits per heavy atom. The monoisotopic (exact) mass is 439 g/mol. The van der Waals surface area contributed by atoms with Gasteiger partial charge in [0.25, 0.3) is 0 Å². The van der Waals surface area contributed by atoms with E-state index in [0.29, 0.717) is 5.41 Å². The van der Waals surface area contributed by atoms with Crippen molar-refractivity contribution in [2.75, 3.05) is 13.7 Å². The van der Waals surface area contributed by atoms with Crippen molar-refractivity contribution in [2.24, 2.45) is 12.5 Å². The topological polar surface area (TPSA) is 49.2 Å². The van der Waals surface area contributed by atoms with Gasteiger partial charge in [-0.15, -0.1) is 10.2 Å². The Balaban J connectivity index is 1.52. The van der Waals surface area contributed by atoms with Gasteiger partial charge in [-0.2, -0.15) is 0 Å². The molecule has 3 saturated carbocycles. The van der Waals surface area contributed by atoms with Crippen molar-refractivity contribution >= 4 is 0 Å². The predicted molar refractivity (Wildman–Crippen MR) is 129 cm³/mol. The fraction of sp³-hybridized carbons (Fsp3) is 0.704. The van der Waals surface area contributed by atoms with Crippen LogP contribution in [-0.2, 0) is 12.5 Å². The zero-order chi connectivity index (χ0) is 22.6. The van der Waals surface area contributed by atoms with Crippen LogP contribution >= 0.6 is 0 Å². The Morgan fingerprint density at radius 2 is 1.66 bits per heavy atom. The zero-order valence-electron chi connectivity index (χ0n) is 20.6. The molecule has 0 unspecified atom stereocenters. The van der Waals surface area contributed by atoms with Crippen LogP contribution in [0.5, 0.6) is 11.5 Å². The second-order valence-electron chi connectivity index (χ2n) is 10.2. The van der Waals surface area contributed by atoms with Crippen LogP contribution in [0.3, 0.4) is 0 Å². The molecular formula is C27H41N3O2. The Labute approximate surface area is 193 Å². The van der Waals surface area contributed by atoms with Crippen LogP contribution in [0.2, 0.25) is 0 Å². The van der Waals surface area contributed by atoms with Crippen LogP contribution in [0.4, 0.5) is 0 Å². The van der Waals surface area contributed by atoms with E-state index in [9.17, 15) is 0 Å². The predicted octanol–water partition coefficient (Wildman–Crippen LogP) is 6.84. The number of unbranched alkanes of at least 4 members (excludes halogenated alkanes) is 3. The average Bonchev–Trinajstić information content (AvgIpc) is 3.22. The summed E-state index contributed by atoms with van der Waals surface area (Å²) in [5.74, 6) is 3.69. The Bertz CT molecular complexity index is 880. The van der Waals surface area contributed by atoms with Gasteiger partial charge >= 0.3 is 0 Å². The first-order valence-electron chi connectivity index (χ1n) is 12.8. The van der Waals surface area contributed by atoms with E-state index < -0.39 is 0 Å². The normalized spacial score (nSPS) is 24.6. The van der Waals surface area contributed by atoms with Gasteiger partial charge in [-0.25, -0.2) is 0 Å². The number of rotatable bonds is 11. The molecule has 3 aliphatic rings. The van der Waals surface area contributed by atoms with Gasteiger partial charge in [0.05, 0.1) is 19.3 Å². The van der Waals surface area contributed by atoms with E-state index in [0.717, 1.165) is 42.3 Å². The SMILES string of the molecule is CCCCCC12CCC(c3nnc(-c4ccc(OCCCC)cc4OC)n3C)(CC1)CC2. The smallest absolute Gasteiger partial charge is 0.167 e. The molecule has 2 bridgehead atoms. The number of nitrogens with zero attached hydrogens (tertiary/aromatic N) is 3. The van der Waals surface area contributed by atoms with E-state index >= 15 is 0 Å². The molecule has 0 N–H and O–H groups in total. The number of hydrogen-bond acceptors (Lipinski definition) is 4. The second kappa shape index (κ2) is 9.84. The lowest BCUT2D eigenvalue weighted by molar-refractivity contribution is 0.0250. The van der Waals surface area contributed by atoms with Gasteiger partial charge in [0.15, 0.2) is 5.82 Å². The van der Waals surface area contributed by atoms with Crippen LogP contribution in [0, 0.1) is 5.41 Å². The minimum absolute atomic E-state index is 0.197. The van der Waals surface area contributed by atoms with E-state index in [4.69, 9.17) is 14.6 Å². The molecule has 0 spiro atoms. The molecule has 5 nitrogen and oxygen atoms in total. The number of fused-ring (bicyclic) bond motifs is 3. The zero-order valence-corrected chi connectivity index (χ0v) is 20.6. The van der Waals surface area contributed by atoms with E-state index in [1.165, 1.54) is 70.0 Å². The van der Waals surface area contributed by atoms with Crippen molar-refractivity contribution in [3.8, 4) is 22.9 Å². The minimum Gasteiger partial charge on any atom is -0.496 e. The lowest BCUT2D eigenvalue weighted by atomic mass is 9.52. The molecule has 0 atom stereocenters. The molecule has 0 aliphatic heterocycles. The summed E-state index contributed by atoms with van der Waals surface area (Å²) in [5.41, 5.74) is 1.78. The summed E-state index contributed by atoms with van der Waals surface area (Å²) in [5, 5.41) is 9.42. The maximum atomic E-state index is 5.87. The van der Waals surface area contributed by atoms with Crippen molar-refractivity contribution in [3.05, 3.63) is 24.0 Å². The highest BCUT2D eigenvalue weighted by molar-refractivity contribution is 5.66. The number of benzene rings is 1. The van der Waals surface area contributed by atoms with Crippen molar-refractivity contribution in [1.82, 2.24) is 14.8 Å². The third kappa shape index (κ3) is 4.40. The summed E-state index contributed by atoms with van der Waals surface area (Å²) >= 11 is 0. The molecule has 1 aromatic carbocycles. The summed E-state index contributed by atoms with van der Waals surface area (Å²) in [6.45, 7) is 5.21. The van der Waals surface area contributed by atoms with Crippen molar-refractivity contribution in [1.29, 1.82) is 0 Å². The summed E-state index contributed by atoms with van der Waals surface area (Å²) in [6.07, 6.45) is 15.5. The van der Waals surface area contributed by atoms with E-state index in [1.54, 1.807) is 7.11 Å². The highest BCUT2D eigenvalue weighted by atomic mass is 16.5. The Morgan fingerprint density at radius 3 is 2.31 bits per heavy atom. The van der Waals surface area contributed by atoms with E-state index in [2.05, 4.69) is 36.6 Å². The largest absolute Gasteiger partial charge is 0.496 e. The van der Waals surface area contributed by atoms with Crippen LogP contribution in [0.15, 0.2) is 18.2 Å². The molecule has 5 heteroatoms. The number of aromatic nitrogens is 3. The van der Waals surface area contributed by atoms with Crippen LogP contribution in [-0.4, -0.2) is 28.5 Å². The number of ether oxygens (including phenoxy) is 2. The first-order chi connectivity index (χ1) is 15.6. The highest BCUT2D eigenvalue weighted by Gasteiger charge is 2.51. The standard InChI is InChI=1S/C27H41N3O2/c1-5-7-9-12-26-13-16-27(17-14-26,18-15-26)25-29-28-24(30(25)3)22-11-10-21(20-23(22)31-4)32-19-8-6-2/h10-11,20H,5-9,12-19H2,1-4H3. The lowest BCUT2D eigenvalue weighted by Crippen LogP contribution is -2.45. The van der Waals surface area contributed by atoms with Gasteiger partial charge in [-0.3, -0.25) is 0 Å². The van der Waals surface area contributed by atoms with E-state index in [1.807, 2.05) is 12.1 Å². The molecule has 32 heavy (non-hydrogen) atoms. The Hall–Kier alpha value is -2.04. The third-order valence-corrected chi connectivity index (χ3v) is 8.24. The van der Waals surface area contributed by atoms with Gasteiger partial charge < -0.3 is 14.0 Å². The quantitative estimate of drug-likeness (QED) is 0.360. The number of hydrogen-bond donors (Lipinski definition) is 0. The average molecular weight is 440 g/mol. The van der Waals surface area contributed by atoms with Gasteiger partial charge in [0.2, 0.25) is 0 Å². The molecule has 0 radical (unpaired) electrons. The van der Waals surface area contributed by atoms with Crippen LogP contribution in [0.1, 0.15) is 96.7 Å². The molecule has 5 rings (SSSR count). The molecule has 0 saturated heterocycles. The molecule has 3 aliphatic carbocycles. The first-order valence-corrected chi connectivity index (χ1v) is 12.8. The molecule has 0 amide bonds. The highest BCUT2D eigenvalue weighted by Crippen LogP contribution is 2.59. The van der Waals surface area contributed by atoms with Crippen molar-refractivity contribution in [3.63, 3.8) is 0 Å².